The van der Waals surface area contributed by atoms with E-state index >= 15 is 0 Å². The zero-order valence-electron chi connectivity index (χ0n) is 10.0. The Bertz CT molecular complexity index is 413. The maximum absolute atomic E-state index is 5.40. The number of ether oxygens (including phenoxy) is 1. The highest BCUT2D eigenvalue weighted by atomic mass is 16.5. The van der Waals surface area contributed by atoms with E-state index in [1.807, 2.05) is 0 Å². The van der Waals surface area contributed by atoms with Crippen molar-refractivity contribution in [2.75, 3.05) is 13.7 Å². The van der Waals surface area contributed by atoms with Crippen LogP contribution in [0.3, 0.4) is 0 Å². The molecule has 0 fully saturated rings. The van der Waals surface area contributed by atoms with Crippen molar-refractivity contribution in [3.05, 3.63) is 28.8 Å². The van der Waals surface area contributed by atoms with Crippen molar-refractivity contribution in [3.8, 4) is 5.75 Å². The molecule has 1 aromatic rings. The summed E-state index contributed by atoms with van der Waals surface area (Å²) in [7, 11) is 1.76. The summed E-state index contributed by atoms with van der Waals surface area (Å²) in [5.41, 5.74) is 4.61. The lowest BCUT2D eigenvalue weighted by atomic mass is 9.76. The molecule has 0 radical (unpaired) electrons. The van der Waals surface area contributed by atoms with Gasteiger partial charge in [-0.3, -0.25) is 0 Å². The van der Waals surface area contributed by atoms with E-state index in [0.717, 1.165) is 18.2 Å². The Kier molecular flexibility index (Phi) is 2.40. The molecule has 0 saturated carbocycles. The fourth-order valence-corrected chi connectivity index (χ4v) is 3.20. The van der Waals surface area contributed by atoms with Crippen molar-refractivity contribution in [2.24, 2.45) is 0 Å². The van der Waals surface area contributed by atoms with E-state index in [4.69, 9.17) is 4.74 Å². The molecule has 0 aromatic heterocycles. The summed E-state index contributed by atoms with van der Waals surface area (Å²) in [5, 5.41) is 3.60. The maximum Gasteiger partial charge on any atom is 0.119 e. The number of hydrogen-bond donors (Lipinski definition) is 1. The SMILES string of the molecule is COc1cc2c3c(c1)C(C)NCC3CCC2. The standard InChI is InChI=1S/C14H19NO/c1-9-13-7-12(16-2)6-10-4-3-5-11(8-15-9)14(10)13/h6-7,9,11,15H,3-5,8H2,1-2H3. The Morgan fingerprint density at radius 2 is 2.25 bits per heavy atom. The van der Waals surface area contributed by atoms with Gasteiger partial charge in [-0.25, -0.2) is 0 Å². The second-order valence-corrected chi connectivity index (χ2v) is 5.01. The van der Waals surface area contributed by atoms with Gasteiger partial charge in [0.2, 0.25) is 0 Å². The molecule has 1 aliphatic carbocycles. The summed E-state index contributed by atoms with van der Waals surface area (Å²) >= 11 is 0. The van der Waals surface area contributed by atoms with Crippen LogP contribution in [0, 0.1) is 0 Å². The van der Waals surface area contributed by atoms with E-state index < -0.39 is 0 Å². The van der Waals surface area contributed by atoms with Crippen LogP contribution in [0.2, 0.25) is 0 Å². The number of aryl methyl sites for hydroxylation is 1. The van der Waals surface area contributed by atoms with Crippen LogP contribution in [0.25, 0.3) is 0 Å². The first-order chi connectivity index (χ1) is 7.79. The lowest BCUT2D eigenvalue weighted by Crippen LogP contribution is -2.34. The third kappa shape index (κ3) is 1.44. The molecule has 3 rings (SSSR count). The van der Waals surface area contributed by atoms with Crippen molar-refractivity contribution >= 4 is 0 Å². The molecular weight excluding hydrogens is 198 g/mol. The third-order valence-electron chi connectivity index (χ3n) is 4.05. The fourth-order valence-electron chi connectivity index (χ4n) is 3.20. The van der Waals surface area contributed by atoms with Crippen LogP contribution in [-0.4, -0.2) is 13.7 Å². The Morgan fingerprint density at radius 3 is 3.06 bits per heavy atom. The van der Waals surface area contributed by atoms with Gasteiger partial charge in [0, 0.05) is 12.6 Å². The van der Waals surface area contributed by atoms with E-state index in [1.54, 1.807) is 12.7 Å². The van der Waals surface area contributed by atoms with Gasteiger partial charge in [0.1, 0.15) is 5.75 Å². The monoisotopic (exact) mass is 217 g/mol. The van der Waals surface area contributed by atoms with Gasteiger partial charge in [-0.15, -0.1) is 0 Å². The van der Waals surface area contributed by atoms with Crippen LogP contribution in [0.15, 0.2) is 12.1 Å². The summed E-state index contributed by atoms with van der Waals surface area (Å²) in [6.45, 7) is 3.40. The van der Waals surface area contributed by atoms with E-state index in [9.17, 15) is 0 Å². The normalized spacial score (nSPS) is 27.4. The van der Waals surface area contributed by atoms with E-state index in [0.29, 0.717) is 6.04 Å². The minimum Gasteiger partial charge on any atom is -0.497 e. The number of hydrogen-bond acceptors (Lipinski definition) is 2. The highest BCUT2D eigenvalue weighted by Gasteiger charge is 2.29. The largest absolute Gasteiger partial charge is 0.497 e. The highest BCUT2D eigenvalue weighted by Crippen LogP contribution is 2.41. The van der Waals surface area contributed by atoms with Gasteiger partial charge in [0.05, 0.1) is 7.11 Å². The van der Waals surface area contributed by atoms with Crippen molar-refractivity contribution in [3.63, 3.8) is 0 Å². The molecule has 0 amide bonds. The zero-order chi connectivity index (χ0) is 11.1. The Labute approximate surface area is 97.0 Å². The van der Waals surface area contributed by atoms with Crippen molar-refractivity contribution in [2.45, 2.75) is 38.1 Å². The van der Waals surface area contributed by atoms with Crippen LogP contribution in [-0.2, 0) is 6.42 Å². The van der Waals surface area contributed by atoms with Crippen molar-refractivity contribution in [1.82, 2.24) is 5.32 Å². The molecule has 2 unspecified atom stereocenters. The second kappa shape index (κ2) is 3.77. The maximum atomic E-state index is 5.40. The summed E-state index contributed by atoms with van der Waals surface area (Å²) in [5.74, 6) is 1.76. The molecule has 0 spiro atoms. The molecule has 1 aliphatic heterocycles. The zero-order valence-corrected chi connectivity index (χ0v) is 10.0. The molecule has 16 heavy (non-hydrogen) atoms. The topological polar surface area (TPSA) is 21.3 Å². The molecule has 0 bridgehead atoms. The minimum atomic E-state index is 0.471. The Balaban J connectivity index is 2.18. The second-order valence-electron chi connectivity index (χ2n) is 5.01. The number of methoxy groups -OCH3 is 1. The fraction of sp³-hybridized carbons (Fsp3) is 0.571. The highest BCUT2D eigenvalue weighted by molar-refractivity contribution is 5.48. The molecular formula is C14H19NO. The lowest BCUT2D eigenvalue weighted by Gasteiger charge is -2.36. The molecule has 2 nitrogen and oxygen atoms in total. The van der Waals surface area contributed by atoms with Gasteiger partial charge >= 0.3 is 0 Å². The van der Waals surface area contributed by atoms with E-state index in [2.05, 4.69) is 24.4 Å². The number of nitrogens with one attached hydrogen (secondary N) is 1. The molecule has 2 heteroatoms. The summed E-state index contributed by atoms with van der Waals surface area (Å²) in [6.07, 6.45) is 3.88. The predicted octanol–water partition coefficient (Wildman–Crippen LogP) is 2.78. The average Bonchev–Trinajstić information content (AvgIpc) is 2.33. The average molecular weight is 217 g/mol. The first-order valence-electron chi connectivity index (χ1n) is 6.23. The van der Waals surface area contributed by atoms with Crippen LogP contribution in [0.5, 0.6) is 5.75 Å². The van der Waals surface area contributed by atoms with Crippen molar-refractivity contribution < 1.29 is 4.74 Å². The van der Waals surface area contributed by atoms with Gasteiger partial charge in [-0.2, -0.15) is 0 Å². The van der Waals surface area contributed by atoms with Crippen LogP contribution in [0.4, 0.5) is 0 Å². The lowest BCUT2D eigenvalue weighted by molar-refractivity contribution is 0.400. The summed E-state index contributed by atoms with van der Waals surface area (Å²) in [6, 6.07) is 4.93. The molecule has 0 saturated heterocycles. The summed E-state index contributed by atoms with van der Waals surface area (Å²) in [4.78, 5) is 0. The molecule has 1 N–H and O–H groups in total. The predicted molar refractivity (Wildman–Crippen MR) is 65.1 cm³/mol. The van der Waals surface area contributed by atoms with Crippen LogP contribution >= 0.6 is 0 Å². The van der Waals surface area contributed by atoms with Crippen molar-refractivity contribution in [1.29, 1.82) is 0 Å². The molecule has 2 aliphatic rings. The number of rotatable bonds is 1. The molecule has 1 aromatic carbocycles. The van der Waals surface area contributed by atoms with Gasteiger partial charge < -0.3 is 10.1 Å². The van der Waals surface area contributed by atoms with E-state index in [1.165, 1.54) is 30.4 Å². The van der Waals surface area contributed by atoms with Gasteiger partial charge in [0.25, 0.3) is 0 Å². The molecule has 1 heterocycles. The number of benzene rings is 1. The summed E-state index contributed by atoms with van der Waals surface area (Å²) < 4.78 is 5.40. The first-order valence-corrected chi connectivity index (χ1v) is 6.23. The van der Waals surface area contributed by atoms with Crippen LogP contribution in [0.1, 0.15) is 48.4 Å². The van der Waals surface area contributed by atoms with E-state index in [-0.39, 0.29) is 0 Å². The Hall–Kier alpha value is -1.02. The van der Waals surface area contributed by atoms with Gasteiger partial charge in [-0.1, -0.05) is 0 Å². The smallest absolute Gasteiger partial charge is 0.119 e. The molecule has 2 atom stereocenters. The minimum absolute atomic E-state index is 0.471. The van der Waals surface area contributed by atoms with Gasteiger partial charge in [0.15, 0.2) is 0 Å². The van der Waals surface area contributed by atoms with Crippen LogP contribution < -0.4 is 10.1 Å². The molecule has 86 valence electrons. The van der Waals surface area contributed by atoms with Gasteiger partial charge in [-0.05, 0) is 60.9 Å². The quantitative estimate of drug-likeness (QED) is 0.781. The third-order valence-corrected chi connectivity index (χ3v) is 4.05. The Morgan fingerprint density at radius 1 is 1.38 bits per heavy atom. The first kappa shape index (κ1) is 10.2.